The molecule has 5 heteroatoms. The highest BCUT2D eigenvalue weighted by Gasteiger charge is 2.26. The summed E-state index contributed by atoms with van der Waals surface area (Å²) in [5, 5.41) is 10.8. The van der Waals surface area contributed by atoms with Crippen LogP contribution in [0.1, 0.15) is 24.8 Å². The smallest absolute Gasteiger partial charge is 0.283 e. The van der Waals surface area contributed by atoms with Crippen molar-refractivity contribution in [2.45, 2.75) is 25.7 Å². The van der Waals surface area contributed by atoms with E-state index < -0.39 is 4.92 Å². The molecule has 1 fully saturated rings. The molecule has 1 unspecified atom stereocenters. The number of Topliss-reactive ketones (excluding diaryl/α,β-unsaturated/α-hetero) is 1. The number of nitro benzene ring substituents is 1. The molecule has 1 atom stereocenters. The van der Waals surface area contributed by atoms with Gasteiger partial charge in [0.25, 0.3) is 5.69 Å². The van der Waals surface area contributed by atoms with Crippen molar-refractivity contribution in [3.05, 3.63) is 38.3 Å². The van der Waals surface area contributed by atoms with Gasteiger partial charge in [-0.1, -0.05) is 12.1 Å². The molecule has 2 rings (SSSR count). The fraction of sp³-hybridized carbons (Fsp3) is 0.417. The largest absolute Gasteiger partial charge is 0.299 e. The fourth-order valence-electron chi connectivity index (χ4n) is 2.23. The molecular formula is C12H12BrNO3. The monoisotopic (exact) mass is 297 g/mol. The first-order valence-electron chi connectivity index (χ1n) is 5.54. The number of rotatable bonds is 3. The van der Waals surface area contributed by atoms with Crippen molar-refractivity contribution in [1.82, 2.24) is 0 Å². The van der Waals surface area contributed by atoms with Gasteiger partial charge in [-0.2, -0.15) is 0 Å². The molecule has 0 amide bonds. The number of ketones is 1. The molecule has 0 aromatic heterocycles. The Labute approximate surface area is 107 Å². The SMILES string of the molecule is O=C1CCCC1Cc1cccc([N+](=O)[O-])c1Br. The van der Waals surface area contributed by atoms with Crippen LogP contribution in [0.2, 0.25) is 0 Å². The van der Waals surface area contributed by atoms with Crippen molar-refractivity contribution in [2.24, 2.45) is 5.92 Å². The zero-order valence-electron chi connectivity index (χ0n) is 9.19. The van der Waals surface area contributed by atoms with Gasteiger partial charge in [-0.25, -0.2) is 0 Å². The molecule has 1 aliphatic rings. The van der Waals surface area contributed by atoms with E-state index in [-0.39, 0.29) is 17.4 Å². The van der Waals surface area contributed by atoms with E-state index in [4.69, 9.17) is 0 Å². The number of halogens is 1. The topological polar surface area (TPSA) is 60.2 Å². The number of nitrogens with zero attached hydrogens (tertiary/aromatic N) is 1. The van der Waals surface area contributed by atoms with Crippen LogP contribution >= 0.6 is 15.9 Å². The van der Waals surface area contributed by atoms with Crippen LogP contribution in [0, 0.1) is 16.0 Å². The second kappa shape index (κ2) is 4.96. The predicted octanol–water partition coefficient (Wildman–Crippen LogP) is 3.27. The van der Waals surface area contributed by atoms with Crippen LogP contribution < -0.4 is 0 Å². The maximum atomic E-state index is 11.6. The second-order valence-corrected chi connectivity index (χ2v) is 5.06. The van der Waals surface area contributed by atoms with E-state index in [1.54, 1.807) is 6.07 Å². The summed E-state index contributed by atoms with van der Waals surface area (Å²) in [4.78, 5) is 21.9. The lowest BCUT2D eigenvalue weighted by Crippen LogP contribution is -2.10. The van der Waals surface area contributed by atoms with Crippen LogP contribution in [0.5, 0.6) is 0 Å². The van der Waals surface area contributed by atoms with Crippen molar-refractivity contribution in [3.8, 4) is 0 Å². The molecule has 17 heavy (non-hydrogen) atoms. The Kier molecular flexibility index (Phi) is 3.57. The van der Waals surface area contributed by atoms with E-state index in [9.17, 15) is 14.9 Å². The average Bonchev–Trinajstić information content (AvgIpc) is 2.67. The highest BCUT2D eigenvalue weighted by molar-refractivity contribution is 9.10. The van der Waals surface area contributed by atoms with Crippen LogP contribution in [0.4, 0.5) is 5.69 Å². The number of benzene rings is 1. The lowest BCUT2D eigenvalue weighted by Gasteiger charge is -2.09. The van der Waals surface area contributed by atoms with Gasteiger partial charge in [0.15, 0.2) is 0 Å². The van der Waals surface area contributed by atoms with Gasteiger partial charge < -0.3 is 0 Å². The van der Waals surface area contributed by atoms with Crippen molar-refractivity contribution in [2.75, 3.05) is 0 Å². The van der Waals surface area contributed by atoms with E-state index in [1.165, 1.54) is 6.07 Å². The summed E-state index contributed by atoms with van der Waals surface area (Å²) in [7, 11) is 0. The molecule has 1 saturated carbocycles. The molecule has 0 N–H and O–H groups in total. The van der Waals surface area contributed by atoms with Crippen LogP contribution in [0.15, 0.2) is 22.7 Å². The zero-order chi connectivity index (χ0) is 12.4. The maximum absolute atomic E-state index is 11.6. The normalized spacial score (nSPS) is 19.6. The molecular weight excluding hydrogens is 286 g/mol. The van der Waals surface area contributed by atoms with Gasteiger partial charge in [0.05, 0.1) is 9.40 Å². The predicted molar refractivity (Wildman–Crippen MR) is 66.8 cm³/mol. The Morgan fingerprint density at radius 3 is 2.82 bits per heavy atom. The van der Waals surface area contributed by atoms with Crippen molar-refractivity contribution in [1.29, 1.82) is 0 Å². The molecule has 90 valence electrons. The minimum Gasteiger partial charge on any atom is -0.299 e. The van der Waals surface area contributed by atoms with E-state index in [1.807, 2.05) is 6.07 Å². The van der Waals surface area contributed by atoms with Gasteiger partial charge in [-0.05, 0) is 40.8 Å². The molecule has 0 bridgehead atoms. The summed E-state index contributed by atoms with van der Waals surface area (Å²) >= 11 is 3.26. The van der Waals surface area contributed by atoms with E-state index in [0.717, 1.165) is 18.4 Å². The van der Waals surface area contributed by atoms with Gasteiger partial charge in [0.2, 0.25) is 0 Å². The van der Waals surface area contributed by atoms with Gasteiger partial charge in [0.1, 0.15) is 5.78 Å². The third kappa shape index (κ3) is 2.54. The van der Waals surface area contributed by atoms with E-state index in [2.05, 4.69) is 15.9 Å². The number of hydrogen-bond acceptors (Lipinski definition) is 3. The van der Waals surface area contributed by atoms with Crippen LogP contribution in [-0.2, 0) is 11.2 Å². The summed E-state index contributed by atoms with van der Waals surface area (Å²) in [6.07, 6.45) is 3.09. The summed E-state index contributed by atoms with van der Waals surface area (Å²) in [6.45, 7) is 0. The number of nitro groups is 1. The Morgan fingerprint density at radius 2 is 2.24 bits per heavy atom. The Balaban J connectivity index is 2.24. The molecule has 0 spiro atoms. The van der Waals surface area contributed by atoms with Gasteiger partial charge >= 0.3 is 0 Å². The molecule has 0 saturated heterocycles. The van der Waals surface area contributed by atoms with Gasteiger partial charge in [-0.3, -0.25) is 14.9 Å². The molecule has 1 aliphatic carbocycles. The van der Waals surface area contributed by atoms with Crippen LogP contribution in [0.25, 0.3) is 0 Å². The van der Waals surface area contributed by atoms with E-state index in [0.29, 0.717) is 17.3 Å². The lowest BCUT2D eigenvalue weighted by atomic mass is 9.97. The Bertz CT molecular complexity index is 473. The van der Waals surface area contributed by atoms with Crippen molar-refractivity contribution in [3.63, 3.8) is 0 Å². The van der Waals surface area contributed by atoms with Crippen molar-refractivity contribution >= 4 is 27.4 Å². The summed E-state index contributed by atoms with van der Waals surface area (Å²) in [5.41, 5.74) is 0.910. The maximum Gasteiger partial charge on any atom is 0.283 e. The first-order valence-corrected chi connectivity index (χ1v) is 6.33. The summed E-state index contributed by atoms with van der Waals surface area (Å²) in [5.74, 6) is 0.316. The number of hydrogen-bond donors (Lipinski definition) is 0. The first kappa shape index (κ1) is 12.2. The van der Waals surface area contributed by atoms with E-state index >= 15 is 0 Å². The molecule has 0 aliphatic heterocycles. The average molecular weight is 298 g/mol. The minimum absolute atomic E-state index is 0.0355. The third-order valence-electron chi connectivity index (χ3n) is 3.15. The Hall–Kier alpha value is -1.23. The van der Waals surface area contributed by atoms with Crippen LogP contribution in [-0.4, -0.2) is 10.7 Å². The first-order chi connectivity index (χ1) is 8.09. The minimum atomic E-state index is -0.413. The molecule has 1 aromatic rings. The number of carbonyl (C=O) groups is 1. The lowest BCUT2D eigenvalue weighted by molar-refractivity contribution is -0.385. The Morgan fingerprint density at radius 1 is 1.47 bits per heavy atom. The van der Waals surface area contributed by atoms with Crippen molar-refractivity contribution < 1.29 is 9.72 Å². The second-order valence-electron chi connectivity index (χ2n) is 4.27. The van der Waals surface area contributed by atoms with Gasteiger partial charge in [0, 0.05) is 18.4 Å². The summed E-state index contributed by atoms with van der Waals surface area (Å²) in [6, 6.07) is 4.96. The molecule has 1 aromatic carbocycles. The highest BCUT2D eigenvalue weighted by atomic mass is 79.9. The highest BCUT2D eigenvalue weighted by Crippen LogP contribution is 2.32. The molecule has 0 radical (unpaired) electrons. The summed E-state index contributed by atoms with van der Waals surface area (Å²) < 4.78 is 0.504. The standard InChI is InChI=1S/C12H12BrNO3/c13-12-9(4-1-5-10(12)14(16)17)7-8-3-2-6-11(8)15/h1,4-5,8H,2-3,6-7H2. The zero-order valence-corrected chi connectivity index (χ0v) is 10.8. The fourth-order valence-corrected chi connectivity index (χ4v) is 2.81. The quantitative estimate of drug-likeness (QED) is 0.635. The number of carbonyl (C=O) groups excluding carboxylic acids is 1. The molecule has 0 heterocycles. The molecule has 4 nitrogen and oxygen atoms in total. The third-order valence-corrected chi connectivity index (χ3v) is 4.07. The van der Waals surface area contributed by atoms with Crippen LogP contribution in [0.3, 0.4) is 0 Å². The van der Waals surface area contributed by atoms with Gasteiger partial charge in [-0.15, -0.1) is 0 Å².